The van der Waals surface area contributed by atoms with Crippen LogP contribution in [0, 0.1) is 0 Å². The number of allylic oxidation sites excluding steroid dienone is 18. The van der Waals surface area contributed by atoms with Gasteiger partial charge in [-0.05, 0) is 109 Å². The van der Waals surface area contributed by atoms with Crippen molar-refractivity contribution in [3.63, 3.8) is 0 Å². The van der Waals surface area contributed by atoms with Gasteiger partial charge in [0, 0.05) is 19.3 Å². The van der Waals surface area contributed by atoms with E-state index in [2.05, 4.69) is 118 Å². The summed E-state index contributed by atoms with van der Waals surface area (Å²) >= 11 is 0. The lowest BCUT2D eigenvalue weighted by Crippen LogP contribution is -2.30. The van der Waals surface area contributed by atoms with Crippen LogP contribution in [-0.2, 0) is 28.6 Å². The van der Waals surface area contributed by atoms with Gasteiger partial charge < -0.3 is 14.2 Å². The quantitative estimate of drug-likeness (QED) is 0.0199. The maximum Gasteiger partial charge on any atom is 0.306 e. The zero-order chi connectivity index (χ0) is 48.6. The minimum atomic E-state index is -0.830. The summed E-state index contributed by atoms with van der Waals surface area (Å²) in [4.78, 5) is 38.0. The van der Waals surface area contributed by atoms with Crippen molar-refractivity contribution in [3.8, 4) is 0 Å². The Bertz CT molecular complexity index is 1390. The summed E-state index contributed by atoms with van der Waals surface area (Å²) in [6.45, 7) is 6.41. The Hall–Kier alpha value is -3.93. The molecule has 0 spiro atoms. The molecule has 0 aromatic rings. The van der Waals surface area contributed by atoms with Gasteiger partial charge in [0.1, 0.15) is 13.2 Å². The average Bonchev–Trinajstić information content (AvgIpc) is 3.33. The molecule has 0 saturated carbocycles. The molecule has 0 rings (SSSR count). The number of unbranched alkanes of at least 4 members (excludes halogenated alkanes) is 20. The summed E-state index contributed by atoms with van der Waals surface area (Å²) in [5.41, 5.74) is 0. The number of rotatable bonds is 48. The summed E-state index contributed by atoms with van der Waals surface area (Å²) in [5, 5.41) is 0. The molecule has 0 N–H and O–H groups in total. The molecule has 67 heavy (non-hydrogen) atoms. The largest absolute Gasteiger partial charge is 0.462 e. The summed E-state index contributed by atoms with van der Waals surface area (Å²) < 4.78 is 16.7. The van der Waals surface area contributed by atoms with E-state index in [1.54, 1.807) is 0 Å². The molecule has 0 radical (unpaired) electrons. The number of esters is 3. The van der Waals surface area contributed by atoms with Gasteiger partial charge in [-0.1, -0.05) is 220 Å². The summed E-state index contributed by atoms with van der Waals surface area (Å²) in [6, 6.07) is 0. The smallest absolute Gasteiger partial charge is 0.306 e. The molecule has 0 heterocycles. The molecule has 0 saturated heterocycles. The molecule has 0 aliphatic carbocycles. The molecule has 6 heteroatoms. The zero-order valence-corrected chi connectivity index (χ0v) is 43.4. The molecule has 0 amide bonds. The molecule has 0 bridgehead atoms. The first-order valence-corrected chi connectivity index (χ1v) is 27.4. The van der Waals surface area contributed by atoms with E-state index in [1.165, 1.54) is 89.9 Å². The molecule has 0 aliphatic heterocycles. The van der Waals surface area contributed by atoms with Crippen LogP contribution >= 0.6 is 0 Å². The van der Waals surface area contributed by atoms with E-state index >= 15 is 0 Å². The molecule has 1 atom stereocenters. The van der Waals surface area contributed by atoms with Crippen LogP contribution in [0.4, 0.5) is 0 Å². The van der Waals surface area contributed by atoms with Crippen molar-refractivity contribution < 1.29 is 28.6 Å². The highest BCUT2D eigenvalue weighted by molar-refractivity contribution is 5.71. The Labute approximate surface area is 412 Å². The summed E-state index contributed by atoms with van der Waals surface area (Å²) in [7, 11) is 0. The van der Waals surface area contributed by atoms with Crippen molar-refractivity contribution in [2.45, 2.75) is 245 Å². The van der Waals surface area contributed by atoms with Gasteiger partial charge in [-0.2, -0.15) is 0 Å². The number of carbonyl (C=O) groups is 3. The van der Waals surface area contributed by atoms with Gasteiger partial charge in [0.05, 0.1) is 0 Å². The van der Waals surface area contributed by atoms with E-state index in [4.69, 9.17) is 14.2 Å². The van der Waals surface area contributed by atoms with E-state index in [9.17, 15) is 14.4 Å². The van der Waals surface area contributed by atoms with E-state index in [1.807, 2.05) is 12.2 Å². The van der Waals surface area contributed by atoms with Crippen LogP contribution in [-0.4, -0.2) is 37.2 Å². The molecule has 1 unspecified atom stereocenters. The number of ether oxygens (including phenoxy) is 3. The monoisotopic (exact) mass is 929 g/mol. The second kappa shape index (κ2) is 54.7. The summed E-state index contributed by atoms with van der Waals surface area (Å²) in [6.07, 6.45) is 73.7. The van der Waals surface area contributed by atoms with Crippen molar-refractivity contribution in [2.24, 2.45) is 0 Å². The third-order valence-electron chi connectivity index (χ3n) is 11.3. The minimum Gasteiger partial charge on any atom is -0.462 e. The van der Waals surface area contributed by atoms with Crippen LogP contribution in [0.1, 0.15) is 239 Å². The Morgan fingerprint density at radius 2 is 0.657 bits per heavy atom. The Kier molecular flexibility index (Phi) is 51.5. The average molecular weight is 929 g/mol. The van der Waals surface area contributed by atoms with Gasteiger partial charge in [0.25, 0.3) is 0 Å². The van der Waals surface area contributed by atoms with Gasteiger partial charge >= 0.3 is 17.9 Å². The van der Waals surface area contributed by atoms with Crippen molar-refractivity contribution >= 4 is 17.9 Å². The second-order valence-electron chi connectivity index (χ2n) is 17.8. The first kappa shape index (κ1) is 63.1. The Balaban J connectivity index is 4.57. The lowest BCUT2D eigenvalue weighted by molar-refractivity contribution is -0.166. The van der Waals surface area contributed by atoms with Crippen molar-refractivity contribution in [1.29, 1.82) is 0 Å². The molecule has 0 aromatic carbocycles. The maximum absolute atomic E-state index is 12.8. The van der Waals surface area contributed by atoms with Crippen molar-refractivity contribution in [3.05, 3.63) is 109 Å². The van der Waals surface area contributed by atoms with E-state index in [0.29, 0.717) is 19.3 Å². The van der Waals surface area contributed by atoms with Crippen LogP contribution in [0.25, 0.3) is 0 Å². The fourth-order valence-corrected chi connectivity index (χ4v) is 7.16. The first-order chi connectivity index (χ1) is 33.0. The van der Waals surface area contributed by atoms with Crippen molar-refractivity contribution in [2.75, 3.05) is 13.2 Å². The highest BCUT2D eigenvalue weighted by atomic mass is 16.6. The molecular weight excluding hydrogens is 829 g/mol. The standard InChI is InChI=1S/C61H100O6/c1-4-7-10-13-16-19-22-25-28-30-31-32-34-36-39-42-45-48-51-54-60(63)66-57-58(56-65-59(62)53-50-47-44-41-38-35-27-24-21-18-15-12-9-6-3)67-61(64)55-52-49-46-43-40-37-33-29-26-23-20-17-14-11-8-5-2/h7,10,16,19,25,28-29,31-33,35-40,45,48,58H,4-6,8-9,11-15,17-18,20-24,26-27,30,34,41-44,46-47,49-57H2,1-3H3/b10-7-,19-16-,28-25-,32-31-,33-29-,38-35-,39-36-,40-37-,48-45-. The Morgan fingerprint density at radius 1 is 0.328 bits per heavy atom. The highest BCUT2D eigenvalue weighted by Crippen LogP contribution is 2.13. The van der Waals surface area contributed by atoms with Crippen molar-refractivity contribution in [1.82, 2.24) is 0 Å². The van der Waals surface area contributed by atoms with E-state index < -0.39 is 6.10 Å². The third kappa shape index (κ3) is 52.9. The van der Waals surface area contributed by atoms with Crippen LogP contribution in [0.2, 0.25) is 0 Å². The second-order valence-corrected chi connectivity index (χ2v) is 17.8. The zero-order valence-electron chi connectivity index (χ0n) is 43.4. The van der Waals surface area contributed by atoms with E-state index in [0.717, 1.165) is 96.3 Å². The van der Waals surface area contributed by atoms with Gasteiger partial charge in [-0.25, -0.2) is 0 Å². The molecular formula is C61H100O6. The number of carbonyl (C=O) groups excluding carboxylic acids is 3. The highest BCUT2D eigenvalue weighted by Gasteiger charge is 2.19. The predicted molar refractivity (Wildman–Crippen MR) is 288 cm³/mol. The van der Waals surface area contributed by atoms with E-state index in [-0.39, 0.29) is 44.0 Å². The minimum absolute atomic E-state index is 0.121. The van der Waals surface area contributed by atoms with Gasteiger partial charge in [-0.3, -0.25) is 14.4 Å². The third-order valence-corrected chi connectivity index (χ3v) is 11.3. The topological polar surface area (TPSA) is 78.9 Å². The molecule has 380 valence electrons. The Morgan fingerprint density at radius 3 is 1.09 bits per heavy atom. The number of hydrogen-bond donors (Lipinski definition) is 0. The summed E-state index contributed by atoms with van der Waals surface area (Å²) in [5.74, 6) is -1.05. The predicted octanol–water partition coefficient (Wildman–Crippen LogP) is 18.3. The van der Waals surface area contributed by atoms with Crippen LogP contribution < -0.4 is 0 Å². The van der Waals surface area contributed by atoms with Gasteiger partial charge in [-0.15, -0.1) is 0 Å². The molecule has 0 fully saturated rings. The number of hydrogen-bond acceptors (Lipinski definition) is 6. The molecule has 0 aliphatic rings. The normalized spacial score (nSPS) is 12.9. The fourth-order valence-electron chi connectivity index (χ4n) is 7.16. The SMILES string of the molecule is CC/C=C\C/C=C\C/C=C\C/C=C\C/C=C\C/C=C\CCC(=O)OCC(COC(=O)CCCCC/C=C\CCCCCCCCC)OC(=O)CCCCC/C=C\C=C/CCCCCCCCC. The first-order valence-electron chi connectivity index (χ1n) is 27.4. The van der Waals surface area contributed by atoms with Crippen LogP contribution in [0.3, 0.4) is 0 Å². The fraction of sp³-hybridized carbons (Fsp3) is 0.656. The lowest BCUT2D eigenvalue weighted by Gasteiger charge is -2.18. The lowest BCUT2D eigenvalue weighted by atomic mass is 10.1. The van der Waals surface area contributed by atoms with Gasteiger partial charge in [0.15, 0.2) is 6.10 Å². The maximum atomic E-state index is 12.8. The van der Waals surface area contributed by atoms with Gasteiger partial charge in [0.2, 0.25) is 0 Å². The molecule has 6 nitrogen and oxygen atoms in total. The molecule has 0 aromatic heterocycles. The van der Waals surface area contributed by atoms with Crippen LogP contribution in [0.15, 0.2) is 109 Å². The van der Waals surface area contributed by atoms with Crippen LogP contribution in [0.5, 0.6) is 0 Å².